The van der Waals surface area contributed by atoms with Gasteiger partial charge in [-0.1, -0.05) is 18.2 Å². The van der Waals surface area contributed by atoms with Crippen molar-refractivity contribution < 1.29 is 4.79 Å². The van der Waals surface area contributed by atoms with Crippen molar-refractivity contribution in [3.8, 4) is 0 Å². The highest BCUT2D eigenvalue weighted by Gasteiger charge is 2.25. The van der Waals surface area contributed by atoms with Crippen LogP contribution in [-0.4, -0.2) is 58.1 Å². The quantitative estimate of drug-likeness (QED) is 0.719. The maximum absolute atomic E-state index is 13.1. The fraction of sp³-hybridized carbons (Fsp3) is 0.450. The van der Waals surface area contributed by atoms with E-state index >= 15 is 0 Å². The molecule has 0 bridgehead atoms. The maximum Gasteiger partial charge on any atom is 0.270 e. The number of para-hydroxylation sites is 1. The summed E-state index contributed by atoms with van der Waals surface area (Å²) in [6.07, 6.45) is 0. The van der Waals surface area contributed by atoms with Gasteiger partial charge < -0.3 is 18.9 Å². The molecular formula is C20H26N4O. The zero-order chi connectivity index (χ0) is 17.7. The summed E-state index contributed by atoms with van der Waals surface area (Å²) in [6, 6.07) is 10.9. The van der Waals surface area contributed by atoms with Crippen molar-refractivity contribution in [2.24, 2.45) is 7.05 Å². The number of carbonyl (C=O) groups excluding carboxylic acids is 1. The molecule has 5 nitrogen and oxygen atoms in total. The summed E-state index contributed by atoms with van der Waals surface area (Å²) >= 11 is 0. The molecule has 25 heavy (non-hydrogen) atoms. The van der Waals surface area contributed by atoms with Crippen molar-refractivity contribution in [1.29, 1.82) is 0 Å². The van der Waals surface area contributed by atoms with Gasteiger partial charge in [-0.25, -0.2) is 0 Å². The molecule has 0 radical (unpaired) electrons. The van der Waals surface area contributed by atoms with E-state index in [1.54, 1.807) is 0 Å². The zero-order valence-corrected chi connectivity index (χ0v) is 15.5. The minimum atomic E-state index is 0.145. The van der Waals surface area contributed by atoms with Crippen LogP contribution in [-0.2, 0) is 7.05 Å². The van der Waals surface area contributed by atoms with Crippen LogP contribution in [0.25, 0.3) is 21.9 Å². The Kier molecular flexibility index (Phi) is 3.84. The van der Waals surface area contributed by atoms with Crippen LogP contribution in [0.4, 0.5) is 0 Å². The van der Waals surface area contributed by atoms with Crippen LogP contribution in [0.2, 0.25) is 0 Å². The topological polar surface area (TPSA) is 33.4 Å². The molecule has 1 aromatic carbocycles. The fourth-order valence-corrected chi connectivity index (χ4v) is 4.04. The molecule has 1 saturated heterocycles. The van der Waals surface area contributed by atoms with Gasteiger partial charge >= 0.3 is 0 Å². The lowest BCUT2D eigenvalue weighted by Crippen LogP contribution is -2.47. The summed E-state index contributed by atoms with van der Waals surface area (Å²) in [4.78, 5) is 17.3. The Bertz CT molecular complexity index is 942. The fourth-order valence-electron chi connectivity index (χ4n) is 4.04. The van der Waals surface area contributed by atoms with Crippen LogP contribution in [0.3, 0.4) is 0 Å². The van der Waals surface area contributed by atoms with Gasteiger partial charge in [0.2, 0.25) is 0 Å². The molecule has 1 amide bonds. The number of hydrogen-bond acceptors (Lipinski definition) is 2. The number of benzene rings is 1. The second kappa shape index (κ2) is 5.92. The van der Waals surface area contributed by atoms with E-state index in [9.17, 15) is 4.79 Å². The largest absolute Gasteiger partial charge is 0.338 e. The summed E-state index contributed by atoms with van der Waals surface area (Å²) in [5.41, 5.74) is 4.32. The van der Waals surface area contributed by atoms with E-state index in [0.717, 1.165) is 42.9 Å². The summed E-state index contributed by atoms with van der Waals surface area (Å²) in [5, 5.41) is 1.21. The van der Waals surface area contributed by atoms with Crippen molar-refractivity contribution in [1.82, 2.24) is 18.9 Å². The third-order valence-electron chi connectivity index (χ3n) is 5.42. The van der Waals surface area contributed by atoms with E-state index in [2.05, 4.69) is 65.3 Å². The van der Waals surface area contributed by atoms with Gasteiger partial charge in [0.05, 0.1) is 16.6 Å². The number of fused-ring (bicyclic) bond motifs is 3. The van der Waals surface area contributed by atoms with Gasteiger partial charge in [-0.05, 0) is 33.0 Å². The molecule has 0 aliphatic carbocycles. The van der Waals surface area contributed by atoms with Crippen molar-refractivity contribution in [2.45, 2.75) is 19.9 Å². The van der Waals surface area contributed by atoms with Crippen molar-refractivity contribution in [2.75, 3.05) is 33.2 Å². The molecule has 4 rings (SSSR count). The molecule has 3 aromatic rings. The van der Waals surface area contributed by atoms with Gasteiger partial charge in [0.25, 0.3) is 5.91 Å². The molecule has 0 N–H and O–H groups in total. The third-order valence-corrected chi connectivity index (χ3v) is 5.42. The lowest BCUT2D eigenvalue weighted by atomic mass is 10.2. The molecule has 1 aliphatic heterocycles. The minimum absolute atomic E-state index is 0.145. The predicted molar refractivity (Wildman–Crippen MR) is 102 cm³/mol. The molecule has 132 valence electrons. The molecule has 0 spiro atoms. The van der Waals surface area contributed by atoms with Gasteiger partial charge in [-0.15, -0.1) is 0 Å². The average molecular weight is 338 g/mol. The van der Waals surface area contributed by atoms with Gasteiger partial charge in [0.15, 0.2) is 0 Å². The van der Waals surface area contributed by atoms with Gasteiger partial charge in [-0.2, -0.15) is 0 Å². The smallest absolute Gasteiger partial charge is 0.270 e. The normalized spacial score (nSPS) is 16.4. The number of likely N-dealkylation sites (N-methyl/N-ethyl adjacent to an activating group) is 1. The molecule has 1 aliphatic rings. The van der Waals surface area contributed by atoms with Crippen molar-refractivity contribution in [3.63, 3.8) is 0 Å². The Morgan fingerprint density at radius 3 is 2.36 bits per heavy atom. The number of piperazine rings is 1. The van der Waals surface area contributed by atoms with E-state index < -0.39 is 0 Å². The van der Waals surface area contributed by atoms with E-state index in [-0.39, 0.29) is 5.91 Å². The number of aromatic nitrogens is 2. The molecule has 0 atom stereocenters. The van der Waals surface area contributed by atoms with E-state index in [1.165, 1.54) is 10.9 Å². The Hall–Kier alpha value is -2.27. The van der Waals surface area contributed by atoms with Gasteiger partial charge in [0, 0.05) is 44.7 Å². The minimum Gasteiger partial charge on any atom is -0.338 e. The van der Waals surface area contributed by atoms with E-state index in [0.29, 0.717) is 6.04 Å². The lowest BCUT2D eigenvalue weighted by molar-refractivity contribution is 0.0655. The first-order valence-corrected chi connectivity index (χ1v) is 9.05. The second-order valence-electron chi connectivity index (χ2n) is 7.40. The lowest BCUT2D eigenvalue weighted by Gasteiger charge is -2.32. The summed E-state index contributed by atoms with van der Waals surface area (Å²) in [6.45, 7) is 7.88. The van der Waals surface area contributed by atoms with Crippen LogP contribution < -0.4 is 0 Å². The molecule has 3 heterocycles. The first-order valence-electron chi connectivity index (χ1n) is 9.05. The Labute approximate surface area is 148 Å². The molecule has 0 unspecified atom stereocenters. The Morgan fingerprint density at radius 1 is 1.00 bits per heavy atom. The molecule has 1 fully saturated rings. The van der Waals surface area contributed by atoms with Crippen LogP contribution in [0.15, 0.2) is 30.3 Å². The van der Waals surface area contributed by atoms with E-state index in [1.807, 2.05) is 11.9 Å². The third kappa shape index (κ3) is 2.45. The van der Waals surface area contributed by atoms with Crippen molar-refractivity contribution >= 4 is 27.8 Å². The Morgan fingerprint density at radius 2 is 1.68 bits per heavy atom. The van der Waals surface area contributed by atoms with Gasteiger partial charge in [0.1, 0.15) is 5.69 Å². The summed E-state index contributed by atoms with van der Waals surface area (Å²) < 4.78 is 4.42. The Balaban J connectivity index is 1.85. The summed E-state index contributed by atoms with van der Waals surface area (Å²) in [5.74, 6) is 0.145. The van der Waals surface area contributed by atoms with Crippen LogP contribution in [0.5, 0.6) is 0 Å². The van der Waals surface area contributed by atoms with Crippen LogP contribution >= 0.6 is 0 Å². The molecule has 2 aromatic heterocycles. The number of carbonyl (C=O) groups is 1. The summed E-state index contributed by atoms with van der Waals surface area (Å²) in [7, 11) is 4.12. The highest BCUT2D eigenvalue weighted by atomic mass is 16.2. The zero-order valence-electron chi connectivity index (χ0n) is 15.5. The molecular weight excluding hydrogens is 312 g/mol. The number of hydrogen-bond donors (Lipinski definition) is 0. The number of aryl methyl sites for hydroxylation is 1. The first kappa shape index (κ1) is 16.2. The van der Waals surface area contributed by atoms with Gasteiger partial charge in [-0.3, -0.25) is 4.79 Å². The predicted octanol–water partition coefficient (Wildman–Crippen LogP) is 3.10. The monoisotopic (exact) mass is 338 g/mol. The highest BCUT2D eigenvalue weighted by Crippen LogP contribution is 2.33. The standard InChI is InChI=1S/C20H26N4O/c1-14(2)24-16-8-6-5-7-15(16)19-17(24)13-18(22(19)4)20(25)23-11-9-21(3)10-12-23/h5-8,13-14H,9-12H2,1-4H3. The second-order valence-corrected chi connectivity index (χ2v) is 7.40. The van der Waals surface area contributed by atoms with E-state index in [4.69, 9.17) is 0 Å². The number of amides is 1. The molecule has 5 heteroatoms. The number of nitrogens with zero attached hydrogens (tertiary/aromatic N) is 4. The molecule has 0 saturated carbocycles. The number of rotatable bonds is 2. The average Bonchev–Trinajstić information content (AvgIpc) is 3.09. The maximum atomic E-state index is 13.1. The van der Waals surface area contributed by atoms with Crippen molar-refractivity contribution in [3.05, 3.63) is 36.0 Å². The van der Waals surface area contributed by atoms with Crippen LogP contribution in [0.1, 0.15) is 30.4 Å². The SMILES string of the molecule is CC(C)n1c2ccccc2c2c1cc(C(=O)N1CCN(C)CC1)n2C. The van der Waals surface area contributed by atoms with Crippen LogP contribution in [0, 0.1) is 0 Å². The highest BCUT2D eigenvalue weighted by molar-refractivity contribution is 6.10. The first-order chi connectivity index (χ1) is 12.0.